The molecule has 1 aromatic rings. The van der Waals surface area contributed by atoms with E-state index in [4.69, 9.17) is 10.5 Å². The molecule has 1 heterocycles. The highest BCUT2D eigenvalue weighted by Crippen LogP contribution is 2.21. The maximum absolute atomic E-state index is 12.6. The molecular formula is C17H26N2O2. The Morgan fingerprint density at radius 1 is 1.33 bits per heavy atom. The second-order valence-electron chi connectivity index (χ2n) is 5.83. The van der Waals surface area contributed by atoms with E-state index >= 15 is 0 Å². The SMILES string of the molecule is COc1ccc(CC(CN)C(=O)N2CCCCC2)cc1C. The lowest BCUT2D eigenvalue weighted by atomic mass is 9.95. The Morgan fingerprint density at radius 2 is 2.05 bits per heavy atom. The van der Waals surface area contributed by atoms with E-state index in [1.54, 1.807) is 7.11 Å². The van der Waals surface area contributed by atoms with Crippen LogP contribution in [-0.2, 0) is 11.2 Å². The van der Waals surface area contributed by atoms with Gasteiger partial charge in [-0.1, -0.05) is 12.1 Å². The smallest absolute Gasteiger partial charge is 0.227 e. The fourth-order valence-electron chi connectivity index (χ4n) is 3.00. The second kappa shape index (κ2) is 7.46. The first kappa shape index (κ1) is 15.8. The quantitative estimate of drug-likeness (QED) is 0.904. The first-order valence-corrected chi connectivity index (χ1v) is 7.78. The minimum absolute atomic E-state index is 0.115. The van der Waals surface area contributed by atoms with Crippen LogP contribution in [0.4, 0.5) is 0 Å². The Labute approximate surface area is 127 Å². The van der Waals surface area contributed by atoms with E-state index in [1.807, 2.05) is 24.0 Å². The topological polar surface area (TPSA) is 55.6 Å². The van der Waals surface area contributed by atoms with Gasteiger partial charge in [0, 0.05) is 19.6 Å². The third-order valence-electron chi connectivity index (χ3n) is 4.24. The van der Waals surface area contributed by atoms with E-state index in [0.717, 1.165) is 42.8 Å². The molecule has 0 saturated carbocycles. The monoisotopic (exact) mass is 290 g/mol. The lowest BCUT2D eigenvalue weighted by Gasteiger charge is -2.30. The number of benzene rings is 1. The fourth-order valence-corrected chi connectivity index (χ4v) is 3.00. The van der Waals surface area contributed by atoms with Crippen LogP contribution in [0.2, 0.25) is 0 Å². The predicted octanol–water partition coefficient (Wildman–Crippen LogP) is 2.13. The third kappa shape index (κ3) is 3.97. The Hall–Kier alpha value is -1.55. The first-order chi connectivity index (χ1) is 10.2. The largest absolute Gasteiger partial charge is 0.496 e. The lowest BCUT2D eigenvalue weighted by molar-refractivity contribution is -0.136. The van der Waals surface area contributed by atoms with Crippen molar-refractivity contribution in [3.63, 3.8) is 0 Å². The van der Waals surface area contributed by atoms with E-state index in [-0.39, 0.29) is 11.8 Å². The molecule has 0 aromatic heterocycles. The van der Waals surface area contributed by atoms with Crippen molar-refractivity contribution in [1.29, 1.82) is 0 Å². The Kier molecular flexibility index (Phi) is 5.62. The molecule has 1 aliphatic heterocycles. The molecule has 1 fully saturated rings. The number of ether oxygens (including phenoxy) is 1. The predicted molar refractivity (Wildman–Crippen MR) is 84.4 cm³/mol. The summed E-state index contributed by atoms with van der Waals surface area (Å²) < 4.78 is 5.27. The van der Waals surface area contributed by atoms with Gasteiger partial charge in [0.25, 0.3) is 0 Å². The molecule has 1 saturated heterocycles. The zero-order valence-electron chi connectivity index (χ0n) is 13.1. The number of hydrogen-bond donors (Lipinski definition) is 1. The normalized spacial score (nSPS) is 16.6. The Bertz CT molecular complexity index is 482. The van der Waals surface area contributed by atoms with Crippen LogP contribution < -0.4 is 10.5 Å². The van der Waals surface area contributed by atoms with Crippen molar-refractivity contribution in [2.45, 2.75) is 32.6 Å². The number of methoxy groups -OCH3 is 1. The van der Waals surface area contributed by atoms with Crippen LogP contribution >= 0.6 is 0 Å². The number of hydrogen-bond acceptors (Lipinski definition) is 3. The molecule has 0 spiro atoms. The van der Waals surface area contributed by atoms with Gasteiger partial charge in [0.2, 0.25) is 5.91 Å². The van der Waals surface area contributed by atoms with Crippen LogP contribution in [0.3, 0.4) is 0 Å². The Balaban J connectivity index is 2.04. The van der Waals surface area contributed by atoms with Gasteiger partial charge in [-0.25, -0.2) is 0 Å². The summed E-state index contributed by atoms with van der Waals surface area (Å²) in [5.41, 5.74) is 8.09. The molecular weight excluding hydrogens is 264 g/mol. The molecule has 2 rings (SSSR count). The van der Waals surface area contributed by atoms with Gasteiger partial charge < -0.3 is 15.4 Å². The molecule has 4 heteroatoms. The molecule has 1 amide bonds. The van der Waals surface area contributed by atoms with E-state index in [9.17, 15) is 4.79 Å². The second-order valence-corrected chi connectivity index (χ2v) is 5.83. The molecule has 0 bridgehead atoms. The van der Waals surface area contributed by atoms with Gasteiger partial charge >= 0.3 is 0 Å². The fraction of sp³-hybridized carbons (Fsp3) is 0.588. The van der Waals surface area contributed by atoms with Gasteiger partial charge in [-0.05, 0) is 49.8 Å². The zero-order valence-corrected chi connectivity index (χ0v) is 13.1. The highest BCUT2D eigenvalue weighted by molar-refractivity contribution is 5.79. The van der Waals surface area contributed by atoms with Crippen LogP contribution in [0, 0.1) is 12.8 Å². The standard InChI is InChI=1S/C17H26N2O2/c1-13-10-14(6-7-16(13)21-2)11-15(12-18)17(20)19-8-4-3-5-9-19/h6-7,10,15H,3-5,8-9,11-12,18H2,1-2H3. The number of carbonyl (C=O) groups excluding carboxylic acids is 1. The van der Waals surface area contributed by atoms with Crippen molar-refractivity contribution in [3.05, 3.63) is 29.3 Å². The van der Waals surface area contributed by atoms with E-state index < -0.39 is 0 Å². The Morgan fingerprint density at radius 3 is 2.62 bits per heavy atom. The van der Waals surface area contributed by atoms with Gasteiger partial charge in [0.1, 0.15) is 5.75 Å². The number of carbonyl (C=O) groups is 1. The molecule has 116 valence electrons. The first-order valence-electron chi connectivity index (χ1n) is 7.78. The third-order valence-corrected chi connectivity index (χ3v) is 4.24. The molecule has 2 N–H and O–H groups in total. The molecule has 1 aromatic carbocycles. The minimum Gasteiger partial charge on any atom is -0.496 e. The number of nitrogens with zero attached hydrogens (tertiary/aromatic N) is 1. The average Bonchev–Trinajstić information content (AvgIpc) is 2.53. The van der Waals surface area contributed by atoms with Crippen molar-refractivity contribution in [2.24, 2.45) is 11.7 Å². The average molecular weight is 290 g/mol. The number of nitrogens with two attached hydrogens (primary N) is 1. The summed E-state index contributed by atoms with van der Waals surface area (Å²) in [4.78, 5) is 14.5. The van der Waals surface area contributed by atoms with E-state index in [0.29, 0.717) is 13.0 Å². The number of piperidine rings is 1. The van der Waals surface area contributed by atoms with Crippen LogP contribution in [0.25, 0.3) is 0 Å². The van der Waals surface area contributed by atoms with Gasteiger partial charge in [0.15, 0.2) is 0 Å². The molecule has 4 nitrogen and oxygen atoms in total. The van der Waals surface area contributed by atoms with Crippen LogP contribution in [-0.4, -0.2) is 37.6 Å². The van der Waals surface area contributed by atoms with Gasteiger partial charge in [-0.3, -0.25) is 4.79 Å². The summed E-state index contributed by atoms with van der Waals surface area (Å²) in [6.07, 6.45) is 4.17. The van der Waals surface area contributed by atoms with Gasteiger partial charge in [0.05, 0.1) is 13.0 Å². The van der Waals surface area contributed by atoms with Crippen molar-refractivity contribution < 1.29 is 9.53 Å². The molecule has 1 atom stereocenters. The van der Waals surface area contributed by atoms with Crippen molar-refractivity contribution in [1.82, 2.24) is 4.90 Å². The summed E-state index contributed by atoms with van der Waals surface area (Å²) in [6, 6.07) is 6.08. The maximum Gasteiger partial charge on any atom is 0.227 e. The number of likely N-dealkylation sites (tertiary alicyclic amines) is 1. The van der Waals surface area contributed by atoms with Crippen molar-refractivity contribution >= 4 is 5.91 Å². The van der Waals surface area contributed by atoms with Crippen LogP contribution in [0.5, 0.6) is 5.75 Å². The summed E-state index contributed by atoms with van der Waals surface area (Å²) >= 11 is 0. The molecule has 1 aliphatic rings. The summed E-state index contributed by atoms with van der Waals surface area (Å²) in [6.45, 7) is 4.20. The van der Waals surface area contributed by atoms with E-state index in [1.165, 1.54) is 6.42 Å². The molecule has 0 radical (unpaired) electrons. The summed E-state index contributed by atoms with van der Waals surface area (Å²) in [7, 11) is 1.67. The zero-order chi connectivity index (χ0) is 15.2. The highest BCUT2D eigenvalue weighted by Gasteiger charge is 2.24. The number of rotatable bonds is 5. The van der Waals surface area contributed by atoms with Crippen molar-refractivity contribution in [2.75, 3.05) is 26.7 Å². The van der Waals surface area contributed by atoms with Crippen molar-refractivity contribution in [3.8, 4) is 5.75 Å². The molecule has 0 aliphatic carbocycles. The minimum atomic E-state index is -0.115. The van der Waals surface area contributed by atoms with Gasteiger partial charge in [-0.15, -0.1) is 0 Å². The molecule has 1 unspecified atom stereocenters. The van der Waals surface area contributed by atoms with E-state index in [2.05, 4.69) is 6.07 Å². The number of aryl methyl sites for hydroxylation is 1. The van der Waals surface area contributed by atoms with Gasteiger partial charge in [-0.2, -0.15) is 0 Å². The molecule has 21 heavy (non-hydrogen) atoms. The summed E-state index contributed by atoms with van der Waals surface area (Å²) in [5.74, 6) is 0.979. The summed E-state index contributed by atoms with van der Waals surface area (Å²) in [5, 5.41) is 0. The van der Waals surface area contributed by atoms with Crippen LogP contribution in [0.1, 0.15) is 30.4 Å². The number of amides is 1. The maximum atomic E-state index is 12.6. The van der Waals surface area contributed by atoms with Crippen LogP contribution in [0.15, 0.2) is 18.2 Å². The lowest BCUT2D eigenvalue weighted by Crippen LogP contribution is -2.42. The highest BCUT2D eigenvalue weighted by atomic mass is 16.5.